The molecule has 1 saturated carbocycles. The van der Waals surface area contributed by atoms with Gasteiger partial charge in [0.25, 0.3) is 0 Å². The van der Waals surface area contributed by atoms with Crippen LogP contribution in [0.25, 0.3) is 0 Å². The number of nitrogens with one attached hydrogen (secondary N) is 2. The molecule has 1 aliphatic carbocycles. The van der Waals surface area contributed by atoms with E-state index >= 15 is 0 Å². The molecular weight excluding hydrogens is 403 g/mol. The van der Waals surface area contributed by atoms with E-state index in [1.165, 1.54) is 6.07 Å². The first-order chi connectivity index (χ1) is 14.8. The molecule has 31 heavy (non-hydrogen) atoms. The maximum Gasteiger partial charge on any atom is 0.315 e. The molecule has 4 aliphatic heterocycles. The largest absolute Gasteiger partial charge is 0.465 e. The minimum absolute atomic E-state index is 0.187. The van der Waals surface area contributed by atoms with Crippen molar-refractivity contribution >= 4 is 17.6 Å². The van der Waals surface area contributed by atoms with Crippen molar-refractivity contribution in [1.82, 2.24) is 5.32 Å². The predicted molar refractivity (Wildman–Crippen MR) is 110 cm³/mol. The molecule has 1 aromatic carbocycles. The maximum atomic E-state index is 14.2. The first kappa shape index (κ1) is 20.7. The lowest BCUT2D eigenvalue weighted by Gasteiger charge is -2.46. The highest BCUT2D eigenvalue weighted by molar-refractivity contribution is 5.88. The molecule has 3 saturated heterocycles. The summed E-state index contributed by atoms with van der Waals surface area (Å²) in [5, 5.41) is 6.12. The van der Waals surface area contributed by atoms with Crippen molar-refractivity contribution in [2.24, 2.45) is 5.41 Å². The summed E-state index contributed by atoms with van der Waals surface area (Å²) < 4.78 is 31.7. The van der Waals surface area contributed by atoms with Gasteiger partial charge < -0.3 is 24.8 Å². The van der Waals surface area contributed by atoms with Gasteiger partial charge in [-0.1, -0.05) is 0 Å². The van der Waals surface area contributed by atoms with Gasteiger partial charge in [0.2, 0.25) is 5.91 Å². The van der Waals surface area contributed by atoms with E-state index in [0.29, 0.717) is 69.7 Å². The number of carbonyl (C=O) groups is 2. The van der Waals surface area contributed by atoms with E-state index in [2.05, 4.69) is 10.6 Å². The number of fused-ring (bicyclic) bond motifs is 1. The third kappa shape index (κ3) is 3.06. The minimum Gasteiger partial charge on any atom is -0.465 e. The molecule has 1 amide bonds. The number of hydrogen-bond donors (Lipinski definition) is 2. The van der Waals surface area contributed by atoms with Crippen LogP contribution in [0, 0.1) is 18.2 Å². The summed E-state index contributed by atoms with van der Waals surface area (Å²) in [4.78, 5) is 25.7. The first-order valence-electron chi connectivity index (χ1n) is 11.1. The normalized spacial score (nSPS) is 32.2. The second-order valence-electron chi connectivity index (χ2n) is 9.44. The molecule has 168 valence electrons. The average Bonchev–Trinajstić information content (AvgIpc) is 3.32. The van der Waals surface area contributed by atoms with Crippen LogP contribution in [0.3, 0.4) is 0 Å². The van der Waals surface area contributed by atoms with Crippen LogP contribution in [-0.2, 0) is 30.2 Å². The third-order valence-corrected chi connectivity index (χ3v) is 7.48. The third-order valence-electron chi connectivity index (χ3n) is 7.48. The molecule has 4 fully saturated rings. The number of esters is 1. The summed E-state index contributed by atoms with van der Waals surface area (Å²) in [6.07, 6.45) is 2.71. The Hall–Kier alpha value is -2.19. The van der Waals surface area contributed by atoms with E-state index < -0.39 is 22.7 Å². The molecule has 0 aromatic heterocycles. The van der Waals surface area contributed by atoms with Gasteiger partial charge in [0.15, 0.2) is 0 Å². The molecule has 0 radical (unpaired) electrons. The predicted octanol–water partition coefficient (Wildman–Crippen LogP) is 2.25. The summed E-state index contributed by atoms with van der Waals surface area (Å²) in [7, 11) is 0. The van der Waals surface area contributed by atoms with Gasteiger partial charge in [-0.3, -0.25) is 9.59 Å². The Kier molecular flexibility index (Phi) is 4.79. The SMILES string of the molecule is CCOC(=O)C12CC(CNC(=O)C3Cc4c(F)cc(C)cc4N3)(C1)OC21CCOCC1. The topological polar surface area (TPSA) is 85.9 Å². The molecule has 1 atom stereocenters. The smallest absolute Gasteiger partial charge is 0.315 e. The van der Waals surface area contributed by atoms with Crippen LogP contribution >= 0.6 is 0 Å². The Morgan fingerprint density at radius 1 is 1.29 bits per heavy atom. The first-order valence-corrected chi connectivity index (χ1v) is 11.1. The highest BCUT2D eigenvalue weighted by atomic mass is 19.1. The standard InChI is InChI=1S/C23H29FN2O5/c1-3-30-20(28)22-11-21(12-22,31-23(22)4-6-29-7-5-23)13-25-19(27)18-10-15-16(24)8-14(2)9-17(15)26-18/h8-9,18,26H,3-7,10-13H2,1-2H3,(H,25,27). The van der Waals surface area contributed by atoms with Crippen LogP contribution in [0.5, 0.6) is 0 Å². The van der Waals surface area contributed by atoms with E-state index in [-0.39, 0.29) is 17.7 Å². The number of benzene rings is 1. The zero-order valence-corrected chi connectivity index (χ0v) is 18.0. The monoisotopic (exact) mass is 432 g/mol. The highest BCUT2D eigenvalue weighted by Crippen LogP contribution is 2.69. The summed E-state index contributed by atoms with van der Waals surface area (Å²) in [5.74, 6) is -0.668. The summed E-state index contributed by atoms with van der Waals surface area (Å²) in [6.45, 7) is 5.40. The molecule has 1 spiro atoms. The van der Waals surface area contributed by atoms with Gasteiger partial charge in [-0.15, -0.1) is 0 Å². The molecule has 1 aromatic rings. The molecule has 7 nitrogen and oxygen atoms in total. The van der Waals surface area contributed by atoms with Crippen molar-refractivity contribution in [3.8, 4) is 0 Å². The Balaban J connectivity index is 1.26. The van der Waals surface area contributed by atoms with E-state index in [9.17, 15) is 14.0 Å². The van der Waals surface area contributed by atoms with Crippen molar-refractivity contribution in [2.45, 2.75) is 63.2 Å². The number of anilines is 1. The van der Waals surface area contributed by atoms with Crippen LogP contribution in [0.1, 0.15) is 43.7 Å². The van der Waals surface area contributed by atoms with E-state index in [1.54, 1.807) is 0 Å². The zero-order chi connectivity index (χ0) is 21.9. The highest BCUT2D eigenvalue weighted by Gasteiger charge is 2.78. The van der Waals surface area contributed by atoms with E-state index in [4.69, 9.17) is 14.2 Å². The summed E-state index contributed by atoms with van der Waals surface area (Å²) in [5.41, 5.74) is 0.249. The lowest BCUT2D eigenvalue weighted by Crippen LogP contribution is -2.59. The van der Waals surface area contributed by atoms with Crippen LogP contribution in [0.2, 0.25) is 0 Å². The van der Waals surface area contributed by atoms with Crippen molar-refractivity contribution in [3.63, 3.8) is 0 Å². The van der Waals surface area contributed by atoms with Gasteiger partial charge in [0, 0.05) is 50.3 Å². The van der Waals surface area contributed by atoms with Gasteiger partial charge in [0.1, 0.15) is 17.3 Å². The van der Waals surface area contributed by atoms with Crippen LogP contribution in [0.15, 0.2) is 12.1 Å². The molecule has 4 heterocycles. The number of hydrogen-bond acceptors (Lipinski definition) is 6. The number of carbonyl (C=O) groups excluding carboxylic acids is 2. The maximum absolute atomic E-state index is 14.2. The Bertz CT molecular complexity index is 921. The molecule has 6 rings (SSSR count). The summed E-state index contributed by atoms with van der Waals surface area (Å²) in [6, 6.07) is 2.83. The number of aryl methyl sites for hydroxylation is 1. The number of ether oxygens (including phenoxy) is 3. The minimum atomic E-state index is -0.653. The second kappa shape index (κ2) is 7.17. The average molecular weight is 432 g/mol. The lowest BCUT2D eigenvalue weighted by molar-refractivity contribution is -0.170. The summed E-state index contributed by atoms with van der Waals surface area (Å²) >= 11 is 0. The lowest BCUT2D eigenvalue weighted by atomic mass is 9.54. The van der Waals surface area contributed by atoms with Crippen molar-refractivity contribution in [2.75, 3.05) is 31.7 Å². The van der Waals surface area contributed by atoms with Gasteiger partial charge >= 0.3 is 5.97 Å². The Morgan fingerprint density at radius 2 is 2.03 bits per heavy atom. The number of halogens is 1. The fourth-order valence-corrected chi connectivity index (χ4v) is 6.08. The van der Waals surface area contributed by atoms with Crippen molar-refractivity contribution in [3.05, 3.63) is 29.1 Å². The van der Waals surface area contributed by atoms with Crippen molar-refractivity contribution < 1.29 is 28.2 Å². The van der Waals surface area contributed by atoms with Gasteiger partial charge in [-0.05, 0) is 44.4 Å². The quantitative estimate of drug-likeness (QED) is 0.695. The zero-order valence-electron chi connectivity index (χ0n) is 18.0. The fraction of sp³-hybridized carbons (Fsp3) is 0.652. The van der Waals surface area contributed by atoms with Crippen LogP contribution in [-0.4, -0.2) is 55.5 Å². The molecule has 1 unspecified atom stereocenters. The van der Waals surface area contributed by atoms with Crippen LogP contribution < -0.4 is 10.6 Å². The molecule has 2 bridgehead atoms. The number of amides is 1. The van der Waals surface area contributed by atoms with E-state index in [1.807, 2.05) is 19.9 Å². The van der Waals surface area contributed by atoms with Gasteiger partial charge in [-0.2, -0.15) is 0 Å². The number of rotatable bonds is 5. The van der Waals surface area contributed by atoms with Gasteiger partial charge in [-0.25, -0.2) is 4.39 Å². The molecule has 5 aliphatic rings. The molecule has 2 N–H and O–H groups in total. The Morgan fingerprint density at radius 3 is 2.74 bits per heavy atom. The fourth-order valence-electron chi connectivity index (χ4n) is 6.08. The van der Waals surface area contributed by atoms with Gasteiger partial charge in [0.05, 0.1) is 17.8 Å². The van der Waals surface area contributed by atoms with Crippen LogP contribution in [0.4, 0.5) is 10.1 Å². The molecular formula is C23H29FN2O5. The molecule has 8 heteroatoms. The van der Waals surface area contributed by atoms with Crippen molar-refractivity contribution in [1.29, 1.82) is 0 Å². The second-order valence-corrected chi connectivity index (χ2v) is 9.44. The Labute approximate surface area is 181 Å². The van der Waals surface area contributed by atoms with E-state index in [0.717, 1.165) is 5.56 Å².